The van der Waals surface area contributed by atoms with Crippen LogP contribution in [0.25, 0.3) is 35.4 Å². The van der Waals surface area contributed by atoms with E-state index in [0.29, 0.717) is 0 Å². The number of rotatable bonds is 14. The molecule has 1 aliphatic carbocycles. The zero-order valence-electron chi connectivity index (χ0n) is 24.9. The molecule has 0 fully saturated rings. The third-order valence-corrected chi connectivity index (χ3v) is 8.67. The Hall–Kier alpha value is -3.78. The molecule has 2 aromatic heterocycles. The third-order valence-electron chi connectivity index (χ3n) is 8.67. The van der Waals surface area contributed by atoms with E-state index in [1.54, 1.807) is 0 Å². The number of nitrogens with zero attached hydrogens (tertiary/aromatic N) is 2. The summed E-state index contributed by atoms with van der Waals surface area (Å²) in [7, 11) is 0. The number of benzene rings is 2. The molecule has 1 aliphatic rings. The molecule has 5 rings (SSSR count). The second kappa shape index (κ2) is 14.2. The fraction of sp³-hybridized carbons (Fsp3) is 0.333. The topological polar surface area (TPSA) is 25.8 Å². The second-order valence-corrected chi connectivity index (χ2v) is 11.5. The third kappa shape index (κ3) is 6.93. The fourth-order valence-electron chi connectivity index (χ4n) is 6.44. The van der Waals surface area contributed by atoms with Crippen molar-refractivity contribution in [2.45, 2.75) is 83.5 Å². The molecule has 0 unspecified atom stereocenters. The van der Waals surface area contributed by atoms with Crippen LogP contribution in [0, 0.1) is 0 Å². The summed E-state index contributed by atoms with van der Waals surface area (Å²) in [6, 6.07) is 22.6. The van der Waals surface area contributed by atoms with Gasteiger partial charge in [-0.3, -0.25) is 9.97 Å². The molecular weight excluding hydrogens is 496 g/mol. The maximum atomic E-state index is 4.17. The first-order chi connectivity index (χ1) is 20.2. The molecule has 2 nitrogen and oxygen atoms in total. The smallest absolute Gasteiger partial charge is 0.0273 e. The van der Waals surface area contributed by atoms with Gasteiger partial charge >= 0.3 is 0 Å². The van der Waals surface area contributed by atoms with Gasteiger partial charge in [0.25, 0.3) is 0 Å². The van der Waals surface area contributed by atoms with E-state index in [9.17, 15) is 0 Å². The Kier molecular flexibility index (Phi) is 9.96. The minimum atomic E-state index is 0.0627. The van der Waals surface area contributed by atoms with E-state index in [0.717, 1.165) is 0 Å². The molecule has 2 heterocycles. The van der Waals surface area contributed by atoms with Crippen molar-refractivity contribution in [3.05, 3.63) is 119 Å². The van der Waals surface area contributed by atoms with Gasteiger partial charge in [-0.05, 0) is 81.6 Å². The van der Waals surface area contributed by atoms with Gasteiger partial charge in [0.05, 0.1) is 0 Å². The van der Waals surface area contributed by atoms with Crippen LogP contribution in [-0.4, -0.2) is 9.97 Å². The van der Waals surface area contributed by atoms with Gasteiger partial charge in [-0.25, -0.2) is 0 Å². The van der Waals surface area contributed by atoms with E-state index in [1.165, 1.54) is 109 Å². The summed E-state index contributed by atoms with van der Waals surface area (Å²) in [5, 5.41) is 0. The van der Waals surface area contributed by atoms with Gasteiger partial charge in [0.15, 0.2) is 0 Å². The largest absolute Gasteiger partial charge is 0.265 e. The highest BCUT2D eigenvalue weighted by Gasteiger charge is 2.42. The average Bonchev–Trinajstić information content (AvgIpc) is 3.29. The second-order valence-electron chi connectivity index (χ2n) is 11.5. The van der Waals surface area contributed by atoms with Gasteiger partial charge in [-0.1, -0.05) is 126 Å². The lowest BCUT2D eigenvalue weighted by atomic mass is 9.70. The molecule has 0 saturated heterocycles. The highest BCUT2D eigenvalue weighted by Crippen LogP contribution is 2.54. The van der Waals surface area contributed by atoms with Crippen molar-refractivity contribution in [1.29, 1.82) is 0 Å². The number of pyridine rings is 2. The normalized spacial score (nSPS) is 13.6. The van der Waals surface area contributed by atoms with Crippen LogP contribution >= 0.6 is 0 Å². The van der Waals surface area contributed by atoms with Crippen LogP contribution in [0.1, 0.15) is 111 Å². The summed E-state index contributed by atoms with van der Waals surface area (Å²) in [5.74, 6) is 0. The first-order valence-electron chi connectivity index (χ1n) is 15.7. The first-order valence-corrected chi connectivity index (χ1v) is 15.7. The van der Waals surface area contributed by atoms with Crippen molar-refractivity contribution in [3.8, 4) is 11.1 Å². The number of fused-ring (bicyclic) bond motifs is 3. The van der Waals surface area contributed by atoms with E-state index in [1.807, 2.05) is 24.8 Å². The molecular formula is C39H44N2. The van der Waals surface area contributed by atoms with Gasteiger partial charge < -0.3 is 0 Å². The van der Waals surface area contributed by atoms with Crippen LogP contribution in [0.3, 0.4) is 0 Å². The molecule has 0 N–H and O–H groups in total. The molecule has 0 atom stereocenters. The number of hydrogen-bond acceptors (Lipinski definition) is 2. The van der Waals surface area contributed by atoms with Gasteiger partial charge in [0, 0.05) is 30.2 Å². The Bertz CT molecular complexity index is 1340. The Labute approximate surface area is 247 Å². The highest BCUT2D eigenvalue weighted by atomic mass is 14.6. The molecule has 0 bridgehead atoms. The van der Waals surface area contributed by atoms with Crippen molar-refractivity contribution >= 4 is 24.3 Å². The molecule has 0 amide bonds. The summed E-state index contributed by atoms with van der Waals surface area (Å²) in [6.07, 6.45) is 29.1. The van der Waals surface area contributed by atoms with Gasteiger partial charge in [0.1, 0.15) is 0 Å². The van der Waals surface area contributed by atoms with E-state index in [4.69, 9.17) is 0 Å². The van der Waals surface area contributed by atoms with Crippen LogP contribution < -0.4 is 0 Å². The monoisotopic (exact) mass is 540 g/mol. The summed E-state index contributed by atoms with van der Waals surface area (Å²) >= 11 is 0. The summed E-state index contributed by atoms with van der Waals surface area (Å²) in [5.41, 5.74) is 10.9. The summed E-state index contributed by atoms with van der Waals surface area (Å²) in [6.45, 7) is 4.62. The number of aromatic nitrogens is 2. The number of unbranched alkanes of at least 4 members (excludes halogenated alkanes) is 6. The molecule has 2 aromatic carbocycles. The SMILES string of the molecule is CCCCCCC1(CCCCCC)c2cc(/C=C/c3ccncc3)ccc2-c2ccc(/C=C/c3ccncc3)cc21. The van der Waals surface area contributed by atoms with Gasteiger partial charge in [-0.15, -0.1) is 0 Å². The molecule has 0 radical (unpaired) electrons. The Balaban J connectivity index is 1.56. The standard InChI is InChI=1S/C39H44N2/c1-3-5-7-9-23-39(24-10-8-6-4-2)37-29-33(13-11-31-19-25-40-26-20-31)15-17-35(37)36-18-16-34(30-38(36)39)14-12-32-21-27-41-28-22-32/h11-22,25-30H,3-10,23-24H2,1-2H3/b13-11+,14-12+. The maximum Gasteiger partial charge on any atom is 0.0273 e. The quantitative estimate of drug-likeness (QED) is 0.149. The van der Waals surface area contributed by atoms with Gasteiger partial charge in [-0.2, -0.15) is 0 Å². The van der Waals surface area contributed by atoms with E-state index in [-0.39, 0.29) is 5.41 Å². The van der Waals surface area contributed by atoms with Crippen LogP contribution in [0.5, 0.6) is 0 Å². The van der Waals surface area contributed by atoms with Crippen LogP contribution in [0.4, 0.5) is 0 Å². The lowest BCUT2D eigenvalue weighted by Crippen LogP contribution is -2.25. The molecule has 2 heteroatoms. The predicted octanol–water partition coefficient (Wildman–Crippen LogP) is 11.0. The highest BCUT2D eigenvalue weighted by molar-refractivity contribution is 5.85. The zero-order valence-corrected chi connectivity index (χ0v) is 24.9. The molecule has 0 spiro atoms. The van der Waals surface area contributed by atoms with Crippen molar-refractivity contribution in [3.63, 3.8) is 0 Å². The summed E-state index contributed by atoms with van der Waals surface area (Å²) < 4.78 is 0. The Morgan fingerprint density at radius 2 is 0.902 bits per heavy atom. The van der Waals surface area contributed by atoms with Crippen LogP contribution in [-0.2, 0) is 5.41 Å². The Morgan fingerprint density at radius 3 is 1.32 bits per heavy atom. The minimum Gasteiger partial charge on any atom is -0.265 e. The Morgan fingerprint density at radius 1 is 0.488 bits per heavy atom. The molecule has 210 valence electrons. The van der Waals surface area contributed by atoms with E-state index in [2.05, 4.69) is 109 Å². The summed E-state index contributed by atoms with van der Waals surface area (Å²) in [4.78, 5) is 8.34. The van der Waals surface area contributed by atoms with E-state index < -0.39 is 0 Å². The zero-order chi connectivity index (χ0) is 28.3. The average molecular weight is 541 g/mol. The molecule has 0 saturated carbocycles. The fourth-order valence-corrected chi connectivity index (χ4v) is 6.44. The van der Waals surface area contributed by atoms with Crippen molar-refractivity contribution < 1.29 is 0 Å². The lowest BCUT2D eigenvalue weighted by Gasteiger charge is -2.33. The van der Waals surface area contributed by atoms with Crippen molar-refractivity contribution in [2.75, 3.05) is 0 Å². The minimum absolute atomic E-state index is 0.0627. The van der Waals surface area contributed by atoms with Crippen molar-refractivity contribution in [2.24, 2.45) is 0 Å². The van der Waals surface area contributed by atoms with Gasteiger partial charge in [0.2, 0.25) is 0 Å². The van der Waals surface area contributed by atoms with E-state index >= 15 is 0 Å². The number of hydrogen-bond donors (Lipinski definition) is 0. The molecule has 0 aliphatic heterocycles. The maximum absolute atomic E-state index is 4.17. The first kappa shape index (κ1) is 28.7. The predicted molar refractivity (Wildman–Crippen MR) is 177 cm³/mol. The molecule has 41 heavy (non-hydrogen) atoms. The van der Waals surface area contributed by atoms with Crippen LogP contribution in [0.15, 0.2) is 85.5 Å². The van der Waals surface area contributed by atoms with Crippen molar-refractivity contribution in [1.82, 2.24) is 9.97 Å². The lowest BCUT2D eigenvalue weighted by molar-refractivity contribution is 0.401. The molecule has 4 aromatic rings. The van der Waals surface area contributed by atoms with Crippen LogP contribution in [0.2, 0.25) is 0 Å².